The van der Waals surface area contributed by atoms with Gasteiger partial charge in [-0.15, -0.1) is 0 Å². The van der Waals surface area contributed by atoms with Crippen molar-refractivity contribution in [2.45, 2.75) is 20.8 Å². The van der Waals surface area contributed by atoms with Gasteiger partial charge >= 0.3 is 0 Å². The predicted molar refractivity (Wildman–Crippen MR) is 67.3 cm³/mol. The highest BCUT2D eigenvalue weighted by Crippen LogP contribution is 2.31. The first-order chi connectivity index (χ1) is 7.56. The summed E-state index contributed by atoms with van der Waals surface area (Å²) in [5, 5.41) is 0.670. The number of hydrogen-bond donors (Lipinski definition) is 1. The minimum Gasteiger partial charge on any atom is -0.431 e. The summed E-state index contributed by atoms with van der Waals surface area (Å²) in [6.07, 6.45) is 0. The van der Waals surface area contributed by atoms with Crippen LogP contribution < -0.4 is 10.5 Å². The van der Waals surface area contributed by atoms with Crippen LogP contribution in [-0.4, -0.2) is 4.98 Å². The molecule has 0 aliphatic carbocycles. The van der Waals surface area contributed by atoms with Crippen LogP contribution in [0.25, 0.3) is 0 Å². The zero-order chi connectivity index (χ0) is 11.7. The van der Waals surface area contributed by atoms with E-state index >= 15 is 0 Å². The molecule has 0 unspecified atom stereocenters. The summed E-state index contributed by atoms with van der Waals surface area (Å²) in [5.41, 5.74) is 8.49. The third-order valence-electron chi connectivity index (χ3n) is 2.42. The van der Waals surface area contributed by atoms with Gasteiger partial charge in [-0.05, 0) is 32.4 Å². The van der Waals surface area contributed by atoms with E-state index in [1.807, 2.05) is 39.0 Å². The minimum absolute atomic E-state index is 0.670. The Morgan fingerprint density at radius 3 is 2.62 bits per heavy atom. The van der Waals surface area contributed by atoms with Crippen molar-refractivity contribution in [2.75, 3.05) is 5.73 Å². The summed E-state index contributed by atoms with van der Waals surface area (Å²) in [6.45, 7) is 6.00. The number of ether oxygens (including phenoxy) is 1. The van der Waals surface area contributed by atoms with Crippen molar-refractivity contribution >= 4 is 17.0 Å². The van der Waals surface area contributed by atoms with E-state index in [0.717, 1.165) is 17.0 Å². The van der Waals surface area contributed by atoms with Gasteiger partial charge in [-0.2, -0.15) is 0 Å². The molecule has 0 fully saturated rings. The van der Waals surface area contributed by atoms with Crippen molar-refractivity contribution in [3.8, 4) is 10.9 Å². The number of nitrogens with zero attached hydrogens (tertiary/aromatic N) is 1. The Kier molecular flexibility index (Phi) is 2.83. The number of rotatable bonds is 2. The lowest BCUT2D eigenvalue weighted by Gasteiger charge is -2.06. The van der Waals surface area contributed by atoms with Gasteiger partial charge in [0.25, 0.3) is 5.19 Å². The van der Waals surface area contributed by atoms with Gasteiger partial charge in [0.05, 0.1) is 5.69 Å². The number of nitrogens with two attached hydrogens (primary N) is 1. The van der Waals surface area contributed by atoms with Gasteiger partial charge in [0.2, 0.25) is 0 Å². The van der Waals surface area contributed by atoms with Crippen LogP contribution in [0.5, 0.6) is 10.9 Å². The first kappa shape index (κ1) is 11.0. The zero-order valence-electron chi connectivity index (χ0n) is 9.57. The fourth-order valence-electron chi connectivity index (χ4n) is 1.31. The maximum Gasteiger partial charge on any atom is 0.279 e. The molecule has 0 amide bonds. The molecular formula is C12H14N2OS. The average molecular weight is 234 g/mol. The van der Waals surface area contributed by atoms with Gasteiger partial charge in [-0.25, -0.2) is 4.98 Å². The first-order valence-corrected chi connectivity index (χ1v) is 5.86. The highest BCUT2D eigenvalue weighted by molar-refractivity contribution is 7.13. The largest absolute Gasteiger partial charge is 0.431 e. The number of aromatic nitrogens is 1. The number of anilines is 1. The molecule has 3 nitrogen and oxygen atoms in total. The van der Waals surface area contributed by atoms with E-state index in [9.17, 15) is 0 Å². The highest BCUT2D eigenvalue weighted by Gasteiger charge is 2.07. The molecule has 1 aromatic carbocycles. The van der Waals surface area contributed by atoms with E-state index in [1.54, 1.807) is 11.3 Å². The van der Waals surface area contributed by atoms with E-state index in [4.69, 9.17) is 10.5 Å². The summed E-state index contributed by atoms with van der Waals surface area (Å²) in [7, 11) is 0. The Labute approximate surface area is 98.9 Å². The lowest BCUT2D eigenvalue weighted by Crippen LogP contribution is -1.90. The van der Waals surface area contributed by atoms with Crippen LogP contribution in [-0.2, 0) is 0 Å². The molecule has 1 aromatic heterocycles. The van der Waals surface area contributed by atoms with Gasteiger partial charge in [0.15, 0.2) is 0 Å². The fourth-order valence-corrected chi connectivity index (χ4v) is 2.08. The SMILES string of the molecule is Cc1ccc(N)cc1Oc1nc(C)c(C)s1. The average Bonchev–Trinajstić information content (AvgIpc) is 2.52. The molecule has 0 aliphatic rings. The molecule has 0 spiro atoms. The molecule has 4 heteroatoms. The van der Waals surface area contributed by atoms with E-state index in [1.165, 1.54) is 4.88 Å². The molecule has 2 rings (SSSR count). The second-order valence-corrected chi connectivity index (χ2v) is 4.91. The molecule has 16 heavy (non-hydrogen) atoms. The Bertz CT molecular complexity index is 500. The molecule has 0 radical (unpaired) electrons. The lowest BCUT2D eigenvalue weighted by molar-refractivity contribution is 0.474. The molecule has 2 N–H and O–H groups in total. The number of thiazole rings is 1. The van der Waals surface area contributed by atoms with Crippen LogP contribution in [0.1, 0.15) is 16.1 Å². The third kappa shape index (κ3) is 2.17. The van der Waals surface area contributed by atoms with E-state index < -0.39 is 0 Å². The van der Waals surface area contributed by atoms with Crippen molar-refractivity contribution < 1.29 is 4.74 Å². The number of nitrogen functional groups attached to an aromatic ring is 1. The standard InChI is InChI=1S/C12H14N2OS/c1-7-4-5-10(13)6-11(7)15-12-14-8(2)9(3)16-12/h4-6H,13H2,1-3H3. The summed E-state index contributed by atoms with van der Waals surface area (Å²) in [4.78, 5) is 5.51. The molecule has 0 saturated carbocycles. The Morgan fingerprint density at radius 1 is 1.25 bits per heavy atom. The van der Waals surface area contributed by atoms with Gasteiger partial charge in [0.1, 0.15) is 5.75 Å². The zero-order valence-corrected chi connectivity index (χ0v) is 10.4. The lowest BCUT2D eigenvalue weighted by atomic mass is 10.2. The highest BCUT2D eigenvalue weighted by atomic mass is 32.1. The molecule has 0 bridgehead atoms. The Hall–Kier alpha value is -1.55. The van der Waals surface area contributed by atoms with Gasteiger partial charge in [0, 0.05) is 16.6 Å². The van der Waals surface area contributed by atoms with Crippen molar-refractivity contribution in [2.24, 2.45) is 0 Å². The molecule has 0 saturated heterocycles. The van der Waals surface area contributed by atoms with Crippen LogP contribution >= 0.6 is 11.3 Å². The summed E-state index contributed by atoms with van der Waals surface area (Å²) < 4.78 is 5.72. The fraction of sp³-hybridized carbons (Fsp3) is 0.250. The summed E-state index contributed by atoms with van der Waals surface area (Å²) in [6, 6.07) is 5.62. The smallest absolute Gasteiger partial charge is 0.279 e. The molecule has 1 heterocycles. The van der Waals surface area contributed by atoms with E-state index in [0.29, 0.717) is 10.9 Å². The van der Waals surface area contributed by atoms with E-state index in [2.05, 4.69) is 4.98 Å². The number of hydrogen-bond acceptors (Lipinski definition) is 4. The van der Waals surface area contributed by atoms with Gasteiger partial charge in [-0.3, -0.25) is 0 Å². The van der Waals surface area contributed by atoms with E-state index in [-0.39, 0.29) is 0 Å². The van der Waals surface area contributed by atoms with Crippen LogP contribution in [0.3, 0.4) is 0 Å². The van der Waals surface area contributed by atoms with Crippen molar-refractivity contribution in [3.05, 3.63) is 34.3 Å². The summed E-state index contributed by atoms with van der Waals surface area (Å²) >= 11 is 1.55. The van der Waals surface area contributed by atoms with Gasteiger partial charge in [-0.1, -0.05) is 17.4 Å². The number of aryl methyl sites for hydroxylation is 3. The molecule has 0 atom stereocenters. The maximum absolute atomic E-state index is 5.72. The molecule has 2 aromatic rings. The summed E-state index contributed by atoms with van der Waals surface area (Å²) in [5.74, 6) is 0.772. The van der Waals surface area contributed by atoms with Crippen LogP contribution in [0.2, 0.25) is 0 Å². The molecule has 84 valence electrons. The normalized spacial score (nSPS) is 10.4. The third-order valence-corrected chi connectivity index (χ3v) is 3.37. The van der Waals surface area contributed by atoms with Crippen LogP contribution in [0.4, 0.5) is 5.69 Å². The maximum atomic E-state index is 5.72. The quantitative estimate of drug-likeness (QED) is 0.810. The molecule has 0 aliphatic heterocycles. The number of benzene rings is 1. The predicted octanol–water partition coefficient (Wildman–Crippen LogP) is 3.44. The van der Waals surface area contributed by atoms with Crippen LogP contribution in [0.15, 0.2) is 18.2 Å². The second kappa shape index (κ2) is 4.14. The second-order valence-electron chi connectivity index (χ2n) is 3.75. The van der Waals surface area contributed by atoms with Crippen molar-refractivity contribution in [1.82, 2.24) is 4.98 Å². The Balaban J connectivity index is 2.29. The molecular weight excluding hydrogens is 220 g/mol. The van der Waals surface area contributed by atoms with Crippen LogP contribution in [0, 0.1) is 20.8 Å². The Morgan fingerprint density at radius 2 is 2.00 bits per heavy atom. The topological polar surface area (TPSA) is 48.1 Å². The minimum atomic E-state index is 0.670. The van der Waals surface area contributed by atoms with Crippen molar-refractivity contribution in [1.29, 1.82) is 0 Å². The first-order valence-electron chi connectivity index (χ1n) is 5.04. The van der Waals surface area contributed by atoms with Crippen molar-refractivity contribution in [3.63, 3.8) is 0 Å². The van der Waals surface area contributed by atoms with Gasteiger partial charge < -0.3 is 10.5 Å². The monoisotopic (exact) mass is 234 g/mol.